The molecule has 0 fully saturated rings. The number of nitrogens with one attached hydrogen (secondary N) is 1. The molecule has 110 valence electrons. The molecule has 2 rings (SSSR count). The van der Waals surface area contributed by atoms with Gasteiger partial charge < -0.3 is 9.15 Å². The minimum absolute atomic E-state index is 0.0250. The van der Waals surface area contributed by atoms with Crippen LogP contribution >= 0.6 is 23.2 Å². The van der Waals surface area contributed by atoms with Gasteiger partial charge >= 0.3 is 6.09 Å². The van der Waals surface area contributed by atoms with Crippen molar-refractivity contribution >= 4 is 35.5 Å². The molecule has 0 aliphatic heterocycles. The van der Waals surface area contributed by atoms with Crippen molar-refractivity contribution in [2.45, 2.75) is 13.5 Å². The zero-order valence-electron chi connectivity index (χ0n) is 11.1. The fourth-order valence-electron chi connectivity index (χ4n) is 1.49. The number of halogens is 2. The van der Waals surface area contributed by atoms with Gasteiger partial charge in [-0.15, -0.1) is 0 Å². The maximum atomic E-state index is 11.4. The third kappa shape index (κ3) is 4.81. The zero-order valence-corrected chi connectivity index (χ0v) is 12.6. The molecule has 0 spiro atoms. The molecule has 0 unspecified atom stereocenters. The molecule has 0 aliphatic carbocycles. The molecule has 0 atom stereocenters. The second-order valence-corrected chi connectivity index (χ2v) is 4.97. The van der Waals surface area contributed by atoms with Crippen LogP contribution in [0.2, 0.25) is 10.0 Å². The first kappa shape index (κ1) is 15.4. The lowest BCUT2D eigenvalue weighted by atomic mass is 10.2. The number of amides is 1. The van der Waals surface area contributed by atoms with E-state index in [9.17, 15) is 4.79 Å². The van der Waals surface area contributed by atoms with E-state index in [1.807, 2.05) is 6.92 Å². The molecule has 1 aromatic heterocycles. The molecule has 1 aromatic carbocycles. The summed E-state index contributed by atoms with van der Waals surface area (Å²) in [4.78, 5) is 11.4. The van der Waals surface area contributed by atoms with E-state index in [4.69, 9.17) is 32.4 Å². The van der Waals surface area contributed by atoms with E-state index in [1.54, 1.807) is 30.3 Å². The number of furan rings is 1. The standard InChI is InChI=1S/C14H12Cl2N2O3/c1-9-2-5-12(21-9)7-17-18-14(19)20-8-10-3-4-11(15)6-13(10)16/h2-7H,8H2,1H3,(H,18,19)/b17-7+. The van der Waals surface area contributed by atoms with E-state index in [0.29, 0.717) is 21.4 Å². The van der Waals surface area contributed by atoms with E-state index in [1.165, 1.54) is 6.21 Å². The predicted octanol–water partition coefficient (Wildman–Crippen LogP) is 4.16. The van der Waals surface area contributed by atoms with Gasteiger partial charge in [0.05, 0.1) is 6.21 Å². The Morgan fingerprint density at radius 1 is 1.38 bits per heavy atom. The number of nitrogens with zero attached hydrogens (tertiary/aromatic N) is 1. The largest absolute Gasteiger partial charge is 0.460 e. The van der Waals surface area contributed by atoms with Gasteiger partial charge in [0.1, 0.15) is 18.1 Å². The smallest absolute Gasteiger partial charge is 0.428 e. The SMILES string of the molecule is Cc1ccc(/C=N/NC(=O)OCc2ccc(Cl)cc2Cl)o1. The Kier molecular flexibility index (Phi) is 5.25. The Morgan fingerprint density at radius 2 is 2.19 bits per heavy atom. The molecule has 1 N–H and O–H groups in total. The lowest BCUT2D eigenvalue weighted by Gasteiger charge is -2.05. The van der Waals surface area contributed by atoms with Gasteiger partial charge in [0.25, 0.3) is 0 Å². The zero-order chi connectivity index (χ0) is 15.2. The number of hydrogen-bond donors (Lipinski definition) is 1. The maximum Gasteiger partial charge on any atom is 0.428 e. The average molecular weight is 327 g/mol. The molecule has 1 heterocycles. The average Bonchev–Trinajstić information content (AvgIpc) is 2.83. The number of hydrogen-bond acceptors (Lipinski definition) is 4. The summed E-state index contributed by atoms with van der Waals surface area (Å²) in [5, 5.41) is 4.66. The summed E-state index contributed by atoms with van der Waals surface area (Å²) in [5.74, 6) is 1.30. The molecule has 0 aliphatic rings. The summed E-state index contributed by atoms with van der Waals surface area (Å²) in [5.41, 5.74) is 2.88. The molecule has 0 radical (unpaired) electrons. The number of hydrazone groups is 1. The molecular weight excluding hydrogens is 315 g/mol. The molecule has 2 aromatic rings. The Labute approximate surface area is 131 Å². The fourth-order valence-corrected chi connectivity index (χ4v) is 1.95. The van der Waals surface area contributed by atoms with E-state index in [0.717, 1.165) is 5.76 Å². The van der Waals surface area contributed by atoms with Gasteiger partial charge in [-0.3, -0.25) is 0 Å². The Hall–Kier alpha value is -1.98. The van der Waals surface area contributed by atoms with Crippen LogP contribution in [0.4, 0.5) is 4.79 Å². The van der Waals surface area contributed by atoms with Gasteiger partial charge in [-0.25, -0.2) is 10.2 Å². The molecule has 21 heavy (non-hydrogen) atoms. The van der Waals surface area contributed by atoms with Crippen molar-refractivity contribution in [1.29, 1.82) is 0 Å². The van der Waals surface area contributed by atoms with Gasteiger partial charge in [-0.05, 0) is 31.2 Å². The molecule has 0 bridgehead atoms. The highest BCUT2D eigenvalue weighted by molar-refractivity contribution is 6.35. The lowest BCUT2D eigenvalue weighted by Crippen LogP contribution is -2.18. The van der Waals surface area contributed by atoms with Crippen molar-refractivity contribution < 1.29 is 13.9 Å². The first-order valence-electron chi connectivity index (χ1n) is 6.01. The van der Waals surface area contributed by atoms with Crippen LogP contribution in [0.3, 0.4) is 0 Å². The van der Waals surface area contributed by atoms with Crippen LogP contribution in [-0.2, 0) is 11.3 Å². The van der Waals surface area contributed by atoms with Crippen molar-refractivity contribution in [1.82, 2.24) is 5.43 Å². The van der Waals surface area contributed by atoms with E-state index in [-0.39, 0.29) is 6.61 Å². The Morgan fingerprint density at radius 3 is 2.86 bits per heavy atom. The molecular formula is C14H12Cl2N2O3. The number of carbonyl (C=O) groups is 1. The summed E-state index contributed by atoms with van der Waals surface area (Å²) in [6, 6.07) is 8.47. The van der Waals surface area contributed by atoms with Crippen molar-refractivity contribution in [2.24, 2.45) is 5.10 Å². The van der Waals surface area contributed by atoms with Crippen LogP contribution in [0, 0.1) is 6.92 Å². The lowest BCUT2D eigenvalue weighted by molar-refractivity contribution is 0.140. The van der Waals surface area contributed by atoms with E-state index >= 15 is 0 Å². The van der Waals surface area contributed by atoms with E-state index in [2.05, 4.69) is 10.5 Å². The summed E-state index contributed by atoms with van der Waals surface area (Å²) >= 11 is 11.7. The summed E-state index contributed by atoms with van der Waals surface area (Å²) in [6.45, 7) is 1.84. The molecule has 5 nitrogen and oxygen atoms in total. The minimum atomic E-state index is -0.694. The van der Waals surface area contributed by atoms with Crippen molar-refractivity contribution in [3.63, 3.8) is 0 Å². The van der Waals surface area contributed by atoms with Crippen LogP contribution in [0.5, 0.6) is 0 Å². The molecule has 1 amide bonds. The van der Waals surface area contributed by atoms with Crippen LogP contribution < -0.4 is 5.43 Å². The van der Waals surface area contributed by atoms with Gasteiger partial charge in [0.15, 0.2) is 0 Å². The highest BCUT2D eigenvalue weighted by atomic mass is 35.5. The Bertz CT molecular complexity index is 668. The quantitative estimate of drug-likeness (QED) is 0.677. The van der Waals surface area contributed by atoms with Crippen LogP contribution in [0.1, 0.15) is 17.1 Å². The summed E-state index contributed by atoms with van der Waals surface area (Å²) < 4.78 is 10.2. The van der Waals surface area contributed by atoms with Crippen LogP contribution in [0.25, 0.3) is 0 Å². The highest BCUT2D eigenvalue weighted by Gasteiger charge is 2.05. The Balaban J connectivity index is 1.81. The van der Waals surface area contributed by atoms with Gasteiger partial charge in [-0.2, -0.15) is 5.10 Å². The molecule has 0 saturated heterocycles. The monoisotopic (exact) mass is 326 g/mol. The first-order valence-corrected chi connectivity index (χ1v) is 6.76. The minimum Gasteiger partial charge on any atom is -0.460 e. The first-order chi connectivity index (χ1) is 10.0. The number of rotatable bonds is 4. The van der Waals surface area contributed by atoms with Crippen molar-refractivity contribution in [3.8, 4) is 0 Å². The maximum absolute atomic E-state index is 11.4. The highest BCUT2D eigenvalue weighted by Crippen LogP contribution is 2.21. The second kappa shape index (κ2) is 7.15. The summed E-state index contributed by atoms with van der Waals surface area (Å²) in [7, 11) is 0. The number of ether oxygens (including phenoxy) is 1. The molecule has 0 saturated carbocycles. The van der Waals surface area contributed by atoms with Crippen molar-refractivity contribution in [2.75, 3.05) is 0 Å². The number of carbonyl (C=O) groups excluding carboxylic acids is 1. The van der Waals surface area contributed by atoms with Gasteiger partial charge in [-0.1, -0.05) is 29.3 Å². The van der Waals surface area contributed by atoms with Crippen LogP contribution in [-0.4, -0.2) is 12.3 Å². The number of aryl methyl sites for hydroxylation is 1. The van der Waals surface area contributed by atoms with Gasteiger partial charge in [0.2, 0.25) is 0 Å². The second-order valence-electron chi connectivity index (χ2n) is 4.13. The fraction of sp³-hybridized carbons (Fsp3) is 0.143. The number of benzene rings is 1. The topological polar surface area (TPSA) is 63.8 Å². The molecule has 7 heteroatoms. The predicted molar refractivity (Wildman–Crippen MR) is 80.8 cm³/mol. The van der Waals surface area contributed by atoms with E-state index < -0.39 is 6.09 Å². The third-order valence-corrected chi connectivity index (χ3v) is 3.07. The van der Waals surface area contributed by atoms with Gasteiger partial charge in [0, 0.05) is 15.6 Å². The third-order valence-electron chi connectivity index (χ3n) is 2.48. The van der Waals surface area contributed by atoms with Crippen LogP contribution in [0.15, 0.2) is 39.9 Å². The normalized spacial score (nSPS) is 10.8. The van der Waals surface area contributed by atoms with Crippen molar-refractivity contribution in [3.05, 3.63) is 57.5 Å². The summed E-state index contributed by atoms with van der Waals surface area (Å²) in [6.07, 6.45) is 0.685.